The summed E-state index contributed by atoms with van der Waals surface area (Å²) in [6.07, 6.45) is 0. The number of hydrogen-bond donors (Lipinski definition) is 2. The van der Waals surface area contributed by atoms with E-state index in [4.69, 9.17) is 9.88 Å². The molecule has 0 aliphatic carbocycles. The number of hydrogen-bond acceptors (Lipinski definition) is 5. The topological polar surface area (TPSA) is 94.3 Å². The average Bonchev–Trinajstić information content (AvgIpc) is 2.23. The normalized spacial score (nSPS) is 11.4. The SMILES string of the molecule is COc1cccc(CNCCS(N)(=O)=O)n1. The van der Waals surface area contributed by atoms with Crippen LogP contribution in [-0.2, 0) is 16.6 Å². The van der Waals surface area contributed by atoms with Crippen LogP contribution in [0.3, 0.4) is 0 Å². The van der Waals surface area contributed by atoms with Gasteiger partial charge in [-0.3, -0.25) is 0 Å². The zero-order valence-electron chi connectivity index (χ0n) is 9.01. The van der Waals surface area contributed by atoms with Crippen molar-refractivity contribution in [1.82, 2.24) is 10.3 Å². The summed E-state index contributed by atoms with van der Waals surface area (Å²) in [5.74, 6) is 0.447. The summed E-state index contributed by atoms with van der Waals surface area (Å²) in [5.41, 5.74) is 0.786. The van der Waals surface area contributed by atoms with E-state index in [-0.39, 0.29) is 5.75 Å². The van der Waals surface area contributed by atoms with Crippen LogP contribution in [0, 0.1) is 0 Å². The van der Waals surface area contributed by atoms with Crippen molar-refractivity contribution in [1.29, 1.82) is 0 Å². The second kappa shape index (κ2) is 5.78. The number of nitrogens with one attached hydrogen (secondary N) is 1. The minimum Gasteiger partial charge on any atom is -0.481 e. The number of pyridine rings is 1. The van der Waals surface area contributed by atoms with E-state index >= 15 is 0 Å². The zero-order chi connectivity index (χ0) is 12.0. The molecule has 6 nitrogen and oxygen atoms in total. The van der Waals surface area contributed by atoms with Crippen LogP contribution in [0.25, 0.3) is 0 Å². The van der Waals surface area contributed by atoms with Crippen LogP contribution < -0.4 is 15.2 Å². The van der Waals surface area contributed by atoms with Crippen molar-refractivity contribution in [2.24, 2.45) is 5.14 Å². The monoisotopic (exact) mass is 245 g/mol. The van der Waals surface area contributed by atoms with Crippen LogP contribution in [-0.4, -0.2) is 32.8 Å². The Kier molecular flexibility index (Phi) is 4.66. The summed E-state index contributed by atoms with van der Waals surface area (Å²) >= 11 is 0. The van der Waals surface area contributed by atoms with Gasteiger partial charge in [-0.05, 0) is 6.07 Å². The fourth-order valence-corrected chi connectivity index (χ4v) is 1.53. The van der Waals surface area contributed by atoms with Crippen LogP contribution in [0.5, 0.6) is 5.88 Å². The van der Waals surface area contributed by atoms with Gasteiger partial charge in [0.15, 0.2) is 0 Å². The molecule has 1 rings (SSSR count). The van der Waals surface area contributed by atoms with Crippen LogP contribution in [0.2, 0.25) is 0 Å². The highest BCUT2D eigenvalue weighted by Crippen LogP contribution is 2.05. The maximum Gasteiger partial charge on any atom is 0.213 e. The first kappa shape index (κ1) is 12.9. The Balaban J connectivity index is 2.37. The molecule has 0 saturated heterocycles. The van der Waals surface area contributed by atoms with E-state index in [9.17, 15) is 8.42 Å². The van der Waals surface area contributed by atoms with E-state index < -0.39 is 10.0 Å². The van der Waals surface area contributed by atoms with Crippen molar-refractivity contribution >= 4 is 10.0 Å². The first-order valence-corrected chi connectivity index (χ1v) is 6.44. The average molecular weight is 245 g/mol. The molecule has 0 radical (unpaired) electrons. The van der Waals surface area contributed by atoms with Crippen LogP contribution >= 0.6 is 0 Å². The number of nitrogens with two attached hydrogens (primary N) is 1. The molecule has 3 N–H and O–H groups in total. The number of sulfonamides is 1. The van der Waals surface area contributed by atoms with Gasteiger partial charge in [-0.2, -0.15) is 0 Å². The molecular weight excluding hydrogens is 230 g/mol. The van der Waals surface area contributed by atoms with Crippen molar-refractivity contribution < 1.29 is 13.2 Å². The number of aromatic nitrogens is 1. The first-order valence-electron chi connectivity index (χ1n) is 4.72. The number of primary sulfonamides is 1. The van der Waals surface area contributed by atoms with Gasteiger partial charge in [0.05, 0.1) is 18.6 Å². The fourth-order valence-electron chi connectivity index (χ4n) is 1.10. The minimum absolute atomic E-state index is 0.0863. The molecule has 1 heterocycles. The zero-order valence-corrected chi connectivity index (χ0v) is 9.83. The summed E-state index contributed by atoms with van der Waals surface area (Å²) in [4.78, 5) is 4.16. The third-order valence-electron chi connectivity index (χ3n) is 1.86. The van der Waals surface area contributed by atoms with Gasteiger partial charge >= 0.3 is 0 Å². The van der Waals surface area contributed by atoms with Crippen LogP contribution in [0.1, 0.15) is 5.69 Å². The van der Waals surface area contributed by atoms with Gasteiger partial charge < -0.3 is 10.1 Å². The van der Waals surface area contributed by atoms with Crippen LogP contribution in [0.15, 0.2) is 18.2 Å². The van der Waals surface area contributed by atoms with Crippen molar-refractivity contribution in [3.05, 3.63) is 23.9 Å². The van der Waals surface area contributed by atoms with Gasteiger partial charge in [-0.15, -0.1) is 0 Å². The van der Waals surface area contributed by atoms with Gasteiger partial charge in [-0.1, -0.05) is 6.07 Å². The largest absolute Gasteiger partial charge is 0.481 e. The van der Waals surface area contributed by atoms with Crippen LogP contribution in [0.4, 0.5) is 0 Å². The lowest BCUT2D eigenvalue weighted by Crippen LogP contribution is -2.27. The van der Waals surface area contributed by atoms with Gasteiger partial charge in [0.25, 0.3) is 0 Å². The second-order valence-corrected chi connectivity index (χ2v) is 4.95. The molecule has 0 spiro atoms. The van der Waals surface area contributed by atoms with Crippen molar-refractivity contribution in [3.63, 3.8) is 0 Å². The predicted molar refractivity (Wildman–Crippen MR) is 60.5 cm³/mol. The molecule has 1 aromatic heterocycles. The van der Waals surface area contributed by atoms with E-state index in [0.717, 1.165) is 5.69 Å². The Morgan fingerprint density at radius 1 is 1.50 bits per heavy atom. The lowest BCUT2D eigenvalue weighted by atomic mass is 10.3. The molecule has 0 aliphatic heterocycles. The molecule has 0 unspecified atom stereocenters. The number of nitrogens with zero attached hydrogens (tertiary/aromatic N) is 1. The summed E-state index contributed by atoms with van der Waals surface area (Å²) < 4.78 is 26.3. The van der Waals surface area contributed by atoms with E-state index in [2.05, 4.69) is 10.3 Å². The Labute approximate surface area is 94.9 Å². The third kappa shape index (κ3) is 5.06. The van der Waals surface area contributed by atoms with Gasteiger partial charge in [0.2, 0.25) is 15.9 Å². The standard InChI is InChI=1S/C9H15N3O3S/c1-15-9-4-2-3-8(12-9)7-11-5-6-16(10,13)14/h2-4,11H,5-7H2,1H3,(H2,10,13,14). The highest BCUT2D eigenvalue weighted by Gasteiger charge is 2.02. The van der Waals surface area contributed by atoms with E-state index in [1.54, 1.807) is 13.2 Å². The predicted octanol–water partition coefficient (Wildman–Crippen LogP) is -0.532. The smallest absolute Gasteiger partial charge is 0.213 e. The number of methoxy groups -OCH3 is 1. The molecule has 90 valence electrons. The third-order valence-corrected chi connectivity index (χ3v) is 2.63. The van der Waals surface area contributed by atoms with E-state index in [1.807, 2.05) is 12.1 Å². The summed E-state index contributed by atoms with van der Waals surface area (Å²) in [5, 5.41) is 7.79. The molecule has 0 aliphatic rings. The molecular formula is C9H15N3O3S. The molecule has 0 amide bonds. The highest BCUT2D eigenvalue weighted by atomic mass is 32.2. The maximum atomic E-state index is 10.6. The van der Waals surface area contributed by atoms with Gasteiger partial charge in [-0.25, -0.2) is 18.5 Å². The molecule has 1 aromatic rings. The summed E-state index contributed by atoms with van der Waals surface area (Å²) in [6.45, 7) is 0.782. The fraction of sp³-hybridized carbons (Fsp3) is 0.444. The number of ether oxygens (including phenoxy) is 1. The Bertz CT molecular complexity index is 433. The molecule has 0 fully saturated rings. The Morgan fingerprint density at radius 2 is 2.25 bits per heavy atom. The first-order chi connectivity index (χ1) is 7.51. The molecule has 0 aromatic carbocycles. The number of rotatable bonds is 6. The van der Waals surface area contributed by atoms with Crippen molar-refractivity contribution in [2.45, 2.75) is 6.54 Å². The Morgan fingerprint density at radius 3 is 2.88 bits per heavy atom. The molecule has 16 heavy (non-hydrogen) atoms. The maximum absolute atomic E-state index is 10.6. The van der Waals surface area contributed by atoms with Crippen molar-refractivity contribution in [2.75, 3.05) is 19.4 Å². The lowest BCUT2D eigenvalue weighted by Gasteiger charge is -2.04. The summed E-state index contributed by atoms with van der Waals surface area (Å²) in [6, 6.07) is 5.39. The molecule has 7 heteroatoms. The molecule has 0 saturated carbocycles. The van der Waals surface area contributed by atoms with Gasteiger partial charge in [0, 0.05) is 19.2 Å². The van der Waals surface area contributed by atoms with Gasteiger partial charge in [0.1, 0.15) is 0 Å². The lowest BCUT2D eigenvalue weighted by molar-refractivity contribution is 0.395. The summed E-state index contributed by atoms with van der Waals surface area (Å²) in [7, 11) is -1.86. The second-order valence-electron chi connectivity index (χ2n) is 3.22. The Hall–Kier alpha value is -1.18. The quantitative estimate of drug-likeness (QED) is 0.657. The van der Waals surface area contributed by atoms with E-state index in [0.29, 0.717) is 19.0 Å². The van der Waals surface area contributed by atoms with E-state index in [1.165, 1.54) is 0 Å². The highest BCUT2D eigenvalue weighted by molar-refractivity contribution is 7.89. The van der Waals surface area contributed by atoms with Crippen molar-refractivity contribution in [3.8, 4) is 5.88 Å². The molecule has 0 atom stereocenters. The molecule has 0 bridgehead atoms. The minimum atomic E-state index is -3.40.